The molecule has 0 spiro atoms. The third-order valence-electron chi connectivity index (χ3n) is 3.47. The summed E-state index contributed by atoms with van der Waals surface area (Å²) in [7, 11) is 0. The molecule has 24 heavy (non-hydrogen) atoms. The summed E-state index contributed by atoms with van der Waals surface area (Å²) in [6.07, 6.45) is 1.47. The lowest BCUT2D eigenvalue weighted by atomic mass is 10.0. The number of benzene rings is 2. The second-order valence-corrected chi connectivity index (χ2v) is 6.31. The first kappa shape index (κ1) is 16.3. The smallest absolute Gasteiger partial charge is 0.348 e. The van der Waals surface area contributed by atoms with Crippen molar-refractivity contribution in [3.05, 3.63) is 64.7 Å². The Bertz CT molecular complexity index is 830. The predicted molar refractivity (Wildman–Crippen MR) is 91.1 cm³/mol. The van der Waals surface area contributed by atoms with Gasteiger partial charge >= 0.3 is 11.9 Å². The highest BCUT2D eigenvalue weighted by Crippen LogP contribution is 2.27. The Labute approximate surface area is 144 Å². The lowest BCUT2D eigenvalue weighted by Crippen LogP contribution is -2.41. The average Bonchev–Trinajstić information content (AvgIpc) is 2.50. The molecular weight excluding hydrogens is 328 g/mol. The van der Waals surface area contributed by atoms with Crippen molar-refractivity contribution in [3.63, 3.8) is 0 Å². The minimum atomic E-state index is -1.24. The Morgan fingerprint density at radius 3 is 2.12 bits per heavy atom. The van der Waals surface area contributed by atoms with Gasteiger partial charge in [0.15, 0.2) is 0 Å². The molecule has 3 rings (SSSR count). The fourth-order valence-corrected chi connectivity index (χ4v) is 2.61. The topological polar surface area (TPSA) is 52.6 Å². The van der Waals surface area contributed by atoms with Crippen LogP contribution in [-0.2, 0) is 19.1 Å². The van der Waals surface area contributed by atoms with Gasteiger partial charge < -0.3 is 9.47 Å². The van der Waals surface area contributed by atoms with E-state index in [1.165, 1.54) is 19.9 Å². The van der Waals surface area contributed by atoms with Crippen LogP contribution in [0.5, 0.6) is 0 Å². The largest absolute Gasteiger partial charge is 0.419 e. The number of ether oxygens (including phenoxy) is 2. The lowest BCUT2D eigenvalue weighted by molar-refractivity contribution is -0.222. The zero-order valence-corrected chi connectivity index (χ0v) is 14.0. The number of hydrogen-bond donors (Lipinski definition) is 0. The molecule has 4 nitrogen and oxygen atoms in total. The van der Waals surface area contributed by atoms with Crippen LogP contribution in [-0.4, -0.2) is 17.7 Å². The van der Waals surface area contributed by atoms with Crippen LogP contribution in [0.3, 0.4) is 0 Å². The van der Waals surface area contributed by atoms with E-state index in [2.05, 4.69) is 0 Å². The highest BCUT2D eigenvalue weighted by Gasteiger charge is 2.38. The van der Waals surface area contributed by atoms with Crippen LogP contribution >= 0.6 is 11.6 Å². The van der Waals surface area contributed by atoms with E-state index in [0.29, 0.717) is 10.6 Å². The maximum atomic E-state index is 12.0. The van der Waals surface area contributed by atoms with Gasteiger partial charge in [-0.1, -0.05) is 41.9 Å². The Kier molecular flexibility index (Phi) is 4.16. The molecule has 1 saturated heterocycles. The van der Waals surface area contributed by atoms with Crippen molar-refractivity contribution in [2.75, 3.05) is 0 Å². The van der Waals surface area contributed by atoms with Crippen LogP contribution in [0.1, 0.15) is 19.4 Å². The van der Waals surface area contributed by atoms with Gasteiger partial charge in [-0.3, -0.25) is 0 Å². The number of rotatable bonds is 2. The first-order valence-corrected chi connectivity index (χ1v) is 7.76. The molecule has 1 fully saturated rings. The van der Waals surface area contributed by atoms with Gasteiger partial charge in [0.2, 0.25) is 0 Å². The molecule has 122 valence electrons. The van der Waals surface area contributed by atoms with Crippen LogP contribution in [0.2, 0.25) is 5.02 Å². The van der Waals surface area contributed by atoms with Crippen molar-refractivity contribution in [3.8, 4) is 11.1 Å². The zero-order valence-electron chi connectivity index (χ0n) is 13.2. The van der Waals surface area contributed by atoms with Crippen molar-refractivity contribution in [1.82, 2.24) is 0 Å². The van der Waals surface area contributed by atoms with E-state index in [4.69, 9.17) is 21.1 Å². The van der Waals surface area contributed by atoms with Crippen LogP contribution in [0.15, 0.2) is 54.1 Å². The van der Waals surface area contributed by atoms with Crippen LogP contribution in [0, 0.1) is 0 Å². The number of carbonyl (C=O) groups excluding carboxylic acids is 2. The maximum absolute atomic E-state index is 12.0. The fourth-order valence-electron chi connectivity index (χ4n) is 2.42. The second-order valence-electron chi connectivity index (χ2n) is 5.87. The Balaban J connectivity index is 1.95. The van der Waals surface area contributed by atoms with Crippen LogP contribution in [0.4, 0.5) is 0 Å². The average molecular weight is 343 g/mol. The number of cyclic esters (lactones) is 2. The third kappa shape index (κ3) is 3.49. The van der Waals surface area contributed by atoms with E-state index in [-0.39, 0.29) is 5.57 Å². The number of carbonyl (C=O) groups is 2. The maximum Gasteiger partial charge on any atom is 0.348 e. The quantitative estimate of drug-likeness (QED) is 0.465. The fraction of sp³-hybridized carbons (Fsp3) is 0.158. The zero-order chi connectivity index (χ0) is 17.3. The molecule has 0 unspecified atom stereocenters. The van der Waals surface area contributed by atoms with Crippen LogP contribution in [0.25, 0.3) is 17.2 Å². The minimum absolute atomic E-state index is 0.127. The lowest BCUT2D eigenvalue weighted by Gasteiger charge is -2.29. The Morgan fingerprint density at radius 2 is 1.50 bits per heavy atom. The third-order valence-corrected chi connectivity index (χ3v) is 3.71. The monoisotopic (exact) mass is 342 g/mol. The van der Waals surface area contributed by atoms with Gasteiger partial charge in [-0.15, -0.1) is 0 Å². The van der Waals surface area contributed by atoms with Crippen molar-refractivity contribution in [2.45, 2.75) is 19.6 Å². The van der Waals surface area contributed by atoms with Gasteiger partial charge in [-0.2, -0.15) is 0 Å². The summed E-state index contributed by atoms with van der Waals surface area (Å²) >= 11 is 6.02. The predicted octanol–water partition coefficient (Wildman–Crippen LogP) is 4.23. The molecule has 0 N–H and O–H groups in total. The summed E-state index contributed by atoms with van der Waals surface area (Å²) < 4.78 is 10.2. The molecular formula is C19H15ClO4. The van der Waals surface area contributed by atoms with Gasteiger partial charge in [0.1, 0.15) is 5.57 Å². The minimum Gasteiger partial charge on any atom is -0.419 e. The van der Waals surface area contributed by atoms with Gasteiger partial charge in [-0.25, -0.2) is 9.59 Å². The van der Waals surface area contributed by atoms with E-state index in [1.54, 1.807) is 12.1 Å². The van der Waals surface area contributed by atoms with Gasteiger partial charge in [0.25, 0.3) is 5.79 Å². The molecule has 0 aliphatic carbocycles. The molecule has 2 aromatic rings. The van der Waals surface area contributed by atoms with E-state index < -0.39 is 17.7 Å². The molecule has 0 bridgehead atoms. The summed E-state index contributed by atoms with van der Waals surface area (Å²) in [5.41, 5.74) is 2.43. The number of halogens is 1. The Morgan fingerprint density at radius 1 is 0.917 bits per heavy atom. The molecule has 0 amide bonds. The molecule has 0 aromatic heterocycles. The SMILES string of the molecule is CC1(C)OC(=O)C(=Cc2cccc(-c3cccc(Cl)c3)c2)C(=O)O1. The number of esters is 2. The van der Waals surface area contributed by atoms with Crippen molar-refractivity contribution >= 4 is 29.6 Å². The normalized spacial score (nSPS) is 16.4. The summed E-state index contributed by atoms with van der Waals surface area (Å²) in [4.78, 5) is 24.0. The second kappa shape index (κ2) is 6.13. The number of hydrogen-bond acceptors (Lipinski definition) is 4. The van der Waals surface area contributed by atoms with Crippen molar-refractivity contribution in [2.24, 2.45) is 0 Å². The molecule has 0 radical (unpaired) electrons. The first-order chi connectivity index (χ1) is 11.3. The van der Waals surface area contributed by atoms with Gasteiger partial charge in [-0.05, 0) is 41.0 Å². The highest BCUT2D eigenvalue weighted by atomic mass is 35.5. The van der Waals surface area contributed by atoms with E-state index in [0.717, 1.165) is 11.1 Å². The molecule has 1 heterocycles. The van der Waals surface area contributed by atoms with E-state index >= 15 is 0 Å². The van der Waals surface area contributed by atoms with Crippen molar-refractivity contribution < 1.29 is 19.1 Å². The van der Waals surface area contributed by atoms with Crippen molar-refractivity contribution in [1.29, 1.82) is 0 Å². The van der Waals surface area contributed by atoms with E-state index in [1.807, 2.05) is 36.4 Å². The van der Waals surface area contributed by atoms with Gasteiger partial charge in [0.05, 0.1) is 0 Å². The van der Waals surface area contributed by atoms with E-state index in [9.17, 15) is 9.59 Å². The molecule has 0 saturated carbocycles. The first-order valence-electron chi connectivity index (χ1n) is 7.38. The van der Waals surface area contributed by atoms with Gasteiger partial charge in [0, 0.05) is 18.9 Å². The molecule has 1 aliphatic rings. The molecule has 1 aliphatic heterocycles. The summed E-state index contributed by atoms with van der Waals surface area (Å²) in [6.45, 7) is 3.03. The Hall–Kier alpha value is -2.59. The summed E-state index contributed by atoms with van der Waals surface area (Å²) in [5, 5.41) is 0.637. The summed E-state index contributed by atoms with van der Waals surface area (Å²) in [6, 6.07) is 14.9. The standard InChI is InChI=1S/C19H15ClO4/c1-19(2)23-17(21)16(18(22)24-19)10-12-5-3-6-13(9-12)14-7-4-8-15(20)11-14/h3-11H,1-2H3. The molecule has 5 heteroatoms. The molecule has 0 atom stereocenters. The molecule has 2 aromatic carbocycles. The highest BCUT2D eigenvalue weighted by molar-refractivity contribution is 6.30. The van der Waals surface area contributed by atoms with Crippen LogP contribution < -0.4 is 0 Å². The summed E-state index contributed by atoms with van der Waals surface area (Å²) in [5.74, 6) is -2.62.